The van der Waals surface area contributed by atoms with E-state index in [-0.39, 0.29) is 5.95 Å². The average Bonchev–Trinajstić information content (AvgIpc) is 2.49. The monoisotopic (exact) mass is 499 g/mol. The Labute approximate surface area is 158 Å². The number of fused-ring (bicyclic) bond motifs is 1. The van der Waals surface area contributed by atoms with Crippen molar-refractivity contribution < 1.29 is 4.74 Å². The third-order valence-electron chi connectivity index (χ3n) is 3.25. The predicted octanol–water partition coefficient (Wildman–Crippen LogP) is 5.12. The molecule has 0 saturated carbocycles. The summed E-state index contributed by atoms with van der Waals surface area (Å²) in [4.78, 5) is 8.59. The molecular formula is C16H12Br3N3O. The van der Waals surface area contributed by atoms with E-state index in [1.807, 2.05) is 36.4 Å². The molecule has 1 heterocycles. The first-order valence-corrected chi connectivity index (χ1v) is 9.21. The summed E-state index contributed by atoms with van der Waals surface area (Å²) < 4.78 is 8.63. The molecule has 7 heteroatoms. The van der Waals surface area contributed by atoms with Crippen molar-refractivity contribution >= 4 is 64.6 Å². The number of anilines is 1. The van der Waals surface area contributed by atoms with Gasteiger partial charge in [-0.2, -0.15) is 0 Å². The van der Waals surface area contributed by atoms with Crippen LogP contribution in [-0.2, 0) is 6.42 Å². The van der Waals surface area contributed by atoms with Crippen molar-refractivity contribution in [2.24, 2.45) is 0 Å². The van der Waals surface area contributed by atoms with Crippen LogP contribution >= 0.6 is 47.8 Å². The van der Waals surface area contributed by atoms with E-state index in [0.717, 1.165) is 35.8 Å². The molecule has 0 atom stereocenters. The third-order valence-corrected chi connectivity index (χ3v) is 4.88. The van der Waals surface area contributed by atoms with Gasteiger partial charge in [0.15, 0.2) is 0 Å². The molecule has 2 aromatic carbocycles. The van der Waals surface area contributed by atoms with Gasteiger partial charge in [0.2, 0.25) is 5.95 Å². The number of nitrogens with zero attached hydrogens (tertiary/aromatic N) is 2. The summed E-state index contributed by atoms with van der Waals surface area (Å²) in [5.41, 5.74) is 7.52. The molecule has 118 valence electrons. The van der Waals surface area contributed by atoms with Gasteiger partial charge in [0.1, 0.15) is 5.75 Å². The molecule has 1 aromatic heterocycles. The minimum Gasteiger partial charge on any atom is -0.491 e. The maximum Gasteiger partial charge on any atom is 0.220 e. The van der Waals surface area contributed by atoms with Crippen molar-refractivity contribution in [3.8, 4) is 5.75 Å². The number of nitrogens with two attached hydrogens (primary N) is 1. The fraction of sp³-hybridized carbons (Fsp3) is 0.125. The number of ether oxygens (including phenoxy) is 1. The van der Waals surface area contributed by atoms with Gasteiger partial charge in [-0.15, -0.1) is 0 Å². The van der Waals surface area contributed by atoms with E-state index in [1.165, 1.54) is 0 Å². The largest absolute Gasteiger partial charge is 0.491 e. The lowest BCUT2D eigenvalue weighted by Crippen LogP contribution is -2.07. The standard InChI is InChI=1S/C16H12Br3N3O/c17-9-7-11(18)15(12(19)8-9)23-6-5-14-10-3-1-2-4-13(10)21-16(20)22-14/h1-4,7-8H,5-6H2,(H2,20,21,22). The lowest BCUT2D eigenvalue weighted by molar-refractivity contribution is 0.317. The molecular weight excluding hydrogens is 490 g/mol. The predicted molar refractivity (Wildman–Crippen MR) is 103 cm³/mol. The zero-order valence-electron chi connectivity index (χ0n) is 11.9. The molecule has 0 fully saturated rings. The van der Waals surface area contributed by atoms with Crippen LogP contribution in [0.3, 0.4) is 0 Å². The summed E-state index contributed by atoms with van der Waals surface area (Å²) in [5.74, 6) is 1.05. The van der Waals surface area contributed by atoms with Crippen molar-refractivity contribution in [1.82, 2.24) is 9.97 Å². The summed E-state index contributed by atoms with van der Waals surface area (Å²) in [7, 11) is 0. The summed E-state index contributed by atoms with van der Waals surface area (Å²) in [6.07, 6.45) is 0.641. The lowest BCUT2D eigenvalue weighted by atomic mass is 10.1. The molecule has 0 bridgehead atoms. The molecule has 0 radical (unpaired) electrons. The number of rotatable bonds is 4. The Hall–Kier alpha value is -1.18. The van der Waals surface area contributed by atoms with Crippen LogP contribution in [0.15, 0.2) is 49.8 Å². The van der Waals surface area contributed by atoms with Gasteiger partial charge in [0.25, 0.3) is 0 Å². The Bertz CT molecular complexity index is 847. The van der Waals surface area contributed by atoms with E-state index in [9.17, 15) is 0 Å². The van der Waals surface area contributed by atoms with Gasteiger partial charge in [0.05, 0.1) is 26.8 Å². The van der Waals surface area contributed by atoms with Crippen molar-refractivity contribution in [1.29, 1.82) is 0 Å². The van der Waals surface area contributed by atoms with Crippen LogP contribution in [0.4, 0.5) is 5.95 Å². The first-order valence-electron chi connectivity index (χ1n) is 6.83. The van der Waals surface area contributed by atoms with Crippen LogP contribution in [0.2, 0.25) is 0 Å². The van der Waals surface area contributed by atoms with Gasteiger partial charge >= 0.3 is 0 Å². The topological polar surface area (TPSA) is 61.0 Å². The fourth-order valence-electron chi connectivity index (χ4n) is 2.27. The Kier molecular flexibility index (Phi) is 5.18. The third kappa shape index (κ3) is 3.84. The number of para-hydroxylation sites is 1. The van der Waals surface area contributed by atoms with Crippen molar-refractivity contribution in [3.05, 3.63) is 55.5 Å². The highest BCUT2D eigenvalue weighted by Gasteiger charge is 2.10. The van der Waals surface area contributed by atoms with Gasteiger partial charge in [-0.25, -0.2) is 9.97 Å². The van der Waals surface area contributed by atoms with E-state index in [1.54, 1.807) is 0 Å². The first kappa shape index (κ1) is 16.7. The highest BCUT2D eigenvalue weighted by Crippen LogP contribution is 2.36. The fourth-order valence-corrected chi connectivity index (χ4v) is 4.76. The molecule has 0 amide bonds. The van der Waals surface area contributed by atoms with E-state index in [2.05, 4.69) is 57.8 Å². The molecule has 0 unspecified atom stereocenters. The zero-order chi connectivity index (χ0) is 16.4. The Morgan fingerprint density at radius 1 is 1.00 bits per heavy atom. The first-order chi connectivity index (χ1) is 11.0. The van der Waals surface area contributed by atoms with Gasteiger partial charge in [-0.3, -0.25) is 0 Å². The highest BCUT2D eigenvalue weighted by atomic mass is 79.9. The van der Waals surface area contributed by atoms with Gasteiger partial charge < -0.3 is 10.5 Å². The number of benzene rings is 2. The van der Waals surface area contributed by atoms with Gasteiger partial charge in [-0.1, -0.05) is 34.1 Å². The van der Waals surface area contributed by atoms with Crippen molar-refractivity contribution in [3.63, 3.8) is 0 Å². The lowest BCUT2D eigenvalue weighted by Gasteiger charge is -2.11. The summed E-state index contributed by atoms with van der Waals surface area (Å²) in [6, 6.07) is 11.7. The molecule has 0 spiro atoms. The zero-order valence-corrected chi connectivity index (χ0v) is 16.7. The maximum atomic E-state index is 5.90. The summed E-state index contributed by atoms with van der Waals surface area (Å²) in [5, 5.41) is 0.999. The highest BCUT2D eigenvalue weighted by molar-refractivity contribution is 9.11. The quantitative estimate of drug-likeness (QED) is 0.539. The van der Waals surface area contributed by atoms with E-state index < -0.39 is 0 Å². The normalized spacial score (nSPS) is 10.9. The number of hydrogen-bond donors (Lipinski definition) is 1. The number of nitrogen functional groups attached to an aromatic ring is 1. The SMILES string of the molecule is Nc1nc(CCOc2c(Br)cc(Br)cc2Br)c2ccccc2n1. The van der Waals surface area contributed by atoms with Crippen LogP contribution in [0.1, 0.15) is 5.69 Å². The van der Waals surface area contributed by atoms with E-state index >= 15 is 0 Å². The van der Waals surface area contributed by atoms with Gasteiger partial charge in [-0.05, 0) is 50.1 Å². The van der Waals surface area contributed by atoms with Gasteiger partial charge in [0, 0.05) is 16.3 Å². The van der Waals surface area contributed by atoms with Crippen LogP contribution in [-0.4, -0.2) is 16.6 Å². The smallest absolute Gasteiger partial charge is 0.220 e. The van der Waals surface area contributed by atoms with E-state index in [0.29, 0.717) is 13.0 Å². The maximum absolute atomic E-state index is 5.90. The summed E-state index contributed by atoms with van der Waals surface area (Å²) in [6.45, 7) is 0.485. The van der Waals surface area contributed by atoms with Crippen LogP contribution in [0.25, 0.3) is 10.9 Å². The molecule has 23 heavy (non-hydrogen) atoms. The number of hydrogen-bond acceptors (Lipinski definition) is 4. The average molecular weight is 502 g/mol. The van der Waals surface area contributed by atoms with Crippen LogP contribution in [0.5, 0.6) is 5.75 Å². The number of aromatic nitrogens is 2. The Balaban J connectivity index is 1.80. The molecule has 0 aliphatic rings. The Morgan fingerprint density at radius 3 is 2.43 bits per heavy atom. The Morgan fingerprint density at radius 2 is 1.70 bits per heavy atom. The molecule has 0 aliphatic heterocycles. The molecule has 0 aliphatic carbocycles. The second kappa shape index (κ2) is 7.15. The van der Waals surface area contributed by atoms with Crippen LogP contribution in [0, 0.1) is 0 Å². The molecule has 0 saturated heterocycles. The molecule has 2 N–H and O–H groups in total. The second-order valence-corrected chi connectivity index (χ2v) is 7.47. The van der Waals surface area contributed by atoms with E-state index in [4.69, 9.17) is 10.5 Å². The van der Waals surface area contributed by atoms with Crippen LogP contribution < -0.4 is 10.5 Å². The minimum atomic E-state index is 0.282. The minimum absolute atomic E-state index is 0.282. The summed E-state index contributed by atoms with van der Waals surface area (Å²) >= 11 is 10.5. The molecule has 3 rings (SSSR count). The molecule has 3 aromatic rings. The second-order valence-electron chi connectivity index (χ2n) is 4.84. The van der Waals surface area contributed by atoms with Crippen molar-refractivity contribution in [2.75, 3.05) is 12.3 Å². The molecule has 4 nitrogen and oxygen atoms in total. The number of halogens is 3. The van der Waals surface area contributed by atoms with Crippen molar-refractivity contribution in [2.45, 2.75) is 6.42 Å².